The summed E-state index contributed by atoms with van der Waals surface area (Å²) in [6, 6.07) is 9.55. The highest BCUT2D eigenvalue weighted by Gasteiger charge is 2.35. The molecule has 2 unspecified atom stereocenters. The van der Waals surface area contributed by atoms with E-state index in [4.69, 9.17) is 0 Å². The molecular weight excluding hydrogens is 523 g/mol. The summed E-state index contributed by atoms with van der Waals surface area (Å²) in [7, 11) is -0.734. The highest BCUT2D eigenvalue weighted by atomic mass is 32.2. The lowest BCUT2D eigenvalue weighted by Gasteiger charge is -2.38. The molecule has 1 fully saturated rings. The number of piperidine rings is 1. The van der Waals surface area contributed by atoms with Crippen molar-refractivity contribution in [1.29, 1.82) is 5.26 Å². The third-order valence-electron chi connectivity index (χ3n) is 6.68. The lowest BCUT2D eigenvalue weighted by atomic mass is 9.89. The van der Waals surface area contributed by atoms with Crippen molar-refractivity contribution >= 4 is 32.4 Å². The second-order valence-corrected chi connectivity index (χ2v) is 11.6. The number of rotatable bonds is 8. The van der Waals surface area contributed by atoms with Gasteiger partial charge >= 0.3 is 6.18 Å². The molecule has 0 spiro atoms. The molecule has 0 saturated carbocycles. The zero-order chi connectivity index (χ0) is 27.7. The number of halogens is 3. The normalized spacial score (nSPS) is 19.1. The third-order valence-corrected chi connectivity index (χ3v) is 8.51. The van der Waals surface area contributed by atoms with E-state index in [-0.39, 0.29) is 46.6 Å². The van der Waals surface area contributed by atoms with Crippen LogP contribution in [0.4, 0.5) is 24.7 Å². The Morgan fingerprint density at radius 1 is 1.24 bits per heavy atom. The van der Waals surface area contributed by atoms with E-state index in [1.165, 1.54) is 32.4 Å². The molecule has 14 heteroatoms. The summed E-state index contributed by atoms with van der Waals surface area (Å²) < 4.78 is 65.7. The van der Waals surface area contributed by atoms with Crippen LogP contribution in [0.15, 0.2) is 46.2 Å². The molecule has 1 aliphatic rings. The molecule has 0 bridgehead atoms. The Hall–Kier alpha value is -3.41. The SMILES string of the molecule is CN(C)S(=O)(=O)c1ccc(Nc2nn(C3CCN(CCC(F)(F)F)CC3CC#N)c3cc[nH]c(=O)c23)cc1. The van der Waals surface area contributed by atoms with Crippen LogP contribution in [0.3, 0.4) is 0 Å². The van der Waals surface area contributed by atoms with E-state index >= 15 is 0 Å². The number of hydrogen-bond acceptors (Lipinski definition) is 7. The molecule has 0 amide bonds. The van der Waals surface area contributed by atoms with E-state index in [0.29, 0.717) is 30.7 Å². The minimum atomic E-state index is -4.25. The molecule has 0 radical (unpaired) electrons. The summed E-state index contributed by atoms with van der Waals surface area (Å²) in [6.45, 7) is 0.575. The summed E-state index contributed by atoms with van der Waals surface area (Å²) in [6.07, 6.45) is -3.09. The molecule has 4 rings (SSSR count). The van der Waals surface area contributed by atoms with Crippen LogP contribution in [0.2, 0.25) is 0 Å². The number of alkyl halides is 3. The Bertz CT molecular complexity index is 1490. The maximum absolute atomic E-state index is 12.8. The highest BCUT2D eigenvalue weighted by molar-refractivity contribution is 7.89. The van der Waals surface area contributed by atoms with Crippen molar-refractivity contribution in [3.8, 4) is 6.07 Å². The number of aromatic amines is 1. The van der Waals surface area contributed by atoms with Crippen molar-refractivity contribution in [2.75, 3.05) is 39.0 Å². The van der Waals surface area contributed by atoms with Crippen molar-refractivity contribution in [3.63, 3.8) is 0 Å². The van der Waals surface area contributed by atoms with Gasteiger partial charge in [-0.2, -0.15) is 23.5 Å². The Balaban J connectivity index is 1.64. The molecule has 204 valence electrons. The van der Waals surface area contributed by atoms with E-state index in [1.807, 2.05) is 0 Å². The lowest BCUT2D eigenvalue weighted by molar-refractivity contribution is -0.139. The topological polar surface area (TPSA) is 127 Å². The van der Waals surface area contributed by atoms with Crippen LogP contribution in [0.25, 0.3) is 10.9 Å². The number of aromatic nitrogens is 3. The minimum Gasteiger partial charge on any atom is -0.338 e. The van der Waals surface area contributed by atoms with E-state index < -0.39 is 22.6 Å². The first-order valence-corrected chi connectivity index (χ1v) is 13.4. The van der Waals surface area contributed by atoms with Crippen LogP contribution >= 0.6 is 0 Å². The molecule has 2 aromatic heterocycles. The molecule has 3 heterocycles. The Morgan fingerprint density at radius 2 is 1.95 bits per heavy atom. The second-order valence-electron chi connectivity index (χ2n) is 9.44. The summed E-state index contributed by atoms with van der Waals surface area (Å²) in [5.41, 5.74) is 0.648. The summed E-state index contributed by atoms with van der Waals surface area (Å²) in [4.78, 5) is 17.2. The van der Waals surface area contributed by atoms with Crippen molar-refractivity contribution in [2.24, 2.45) is 5.92 Å². The predicted octanol–water partition coefficient (Wildman–Crippen LogP) is 3.45. The molecular formula is C24H28F3N7O3S. The van der Waals surface area contributed by atoms with Crippen LogP contribution in [0.5, 0.6) is 0 Å². The van der Waals surface area contributed by atoms with Crippen LogP contribution in [-0.4, -0.2) is 72.3 Å². The Labute approximate surface area is 217 Å². The van der Waals surface area contributed by atoms with E-state index in [1.54, 1.807) is 27.8 Å². The first kappa shape index (κ1) is 27.6. The van der Waals surface area contributed by atoms with Crippen molar-refractivity contribution in [1.82, 2.24) is 24.0 Å². The maximum atomic E-state index is 12.8. The number of H-pyrrole nitrogens is 1. The largest absolute Gasteiger partial charge is 0.390 e. The van der Waals surface area contributed by atoms with Gasteiger partial charge in [0.05, 0.1) is 28.9 Å². The molecule has 2 atom stereocenters. The van der Waals surface area contributed by atoms with Crippen LogP contribution < -0.4 is 10.9 Å². The van der Waals surface area contributed by atoms with Gasteiger partial charge in [0.1, 0.15) is 5.39 Å². The fraction of sp³-hybridized carbons (Fsp3) is 0.458. The number of anilines is 2. The average Bonchev–Trinajstić information content (AvgIpc) is 3.22. The van der Waals surface area contributed by atoms with Gasteiger partial charge in [0.25, 0.3) is 5.56 Å². The molecule has 1 aromatic carbocycles. The molecule has 0 aliphatic carbocycles. The summed E-state index contributed by atoms with van der Waals surface area (Å²) >= 11 is 0. The zero-order valence-electron chi connectivity index (χ0n) is 20.9. The number of pyridine rings is 1. The Kier molecular flexibility index (Phi) is 7.82. The monoisotopic (exact) mass is 551 g/mol. The van der Waals surface area contributed by atoms with Crippen molar-refractivity contribution in [2.45, 2.75) is 36.4 Å². The number of fused-ring (bicyclic) bond motifs is 1. The third kappa shape index (κ3) is 5.85. The van der Waals surface area contributed by atoms with Crippen LogP contribution in [0, 0.1) is 17.2 Å². The number of likely N-dealkylation sites (tertiary alicyclic amines) is 1. The summed E-state index contributed by atoms with van der Waals surface area (Å²) in [5, 5.41) is 17.4. The maximum Gasteiger partial charge on any atom is 0.390 e. The van der Waals surface area contributed by atoms with Crippen LogP contribution in [0.1, 0.15) is 25.3 Å². The number of benzene rings is 1. The standard InChI is InChI=1S/C24H28F3N7O3S/c1-32(2)38(36,37)18-5-3-17(4-6-18)30-22-21-20(8-12-29-23(21)35)34(31-22)19-9-13-33(14-10-24(25,26)27)15-16(19)7-11-28/h3-6,8,12,16,19H,7,9-10,13-15H2,1-2H3,(H,29,35)(H,30,31). The van der Waals surface area contributed by atoms with Gasteiger partial charge in [0.2, 0.25) is 10.0 Å². The molecule has 1 saturated heterocycles. The van der Waals surface area contributed by atoms with Crippen LogP contribution in [-0.2, 0) is 10.0 Å². The predicted molar refractivity (Wildman–Crippen MR) is 135 cm³/mol. The van der Waals surface area contributed by atoms with Gasteiger partial charge in [-0.15, -0.1) is 0 Å². The fourth-order valence-corrected chi connectivity index (χ4v) is 5.62. The molecule has 10 nitrogen and oxygen atoms in total. The van der Waals surface area contributed by atoms with E-state index in [0.717, 1.165) is 4.31 Å². The zero-order valence-corrected chi connectivity index (χ0v) is 21.7. The van der Waals surface area contributed by atoms with Gasteiger partial charge in [0, 0.05) is 58.0 Å². The van der Waals surface area contributed by atoms with Crippen molar-refractivity contribution in [3.05, 3.63) is 46.9 Å². The molecule has 2 N–H and O–H groups in total. The second kappa shape index (κ2) is 10.8. The Morgan fingerprint density at radius 3 is 2.58 bits per heavy atom. The highest BCUT2D eigenvalue weighted by Crippen LogP contribution is 2.35. The van der Waals surface area contributed by atoms with Gasteiger partial charge in [-0.1, -0.05) is 0 Å². The number of nitrogens with one attached hydrogen (secondary N) is 2. The molecule has 38 heavy (non-hydrogen) atoms. The smallest absolute Gasteiger partial charge is 0.338 e. The van der Waals surface area contributed by atoms with E-state index in [2.05, 4.69) is 21.5 Å². The fourth-order valence-electron chi connectivity index (χ4n) is 4.72. The number of hydrogen-bond donors (Lipinski definition) is 2. The molecule has 3 aromatic rings. The number of nitrogens with zero attached hydrogens (tertiary/aromatic N) is 5. The van der Waals surface area contributed by atoms with Gasteiger partial charge in [-0.3, -0.25) is 9.48 Å². The van der Waals surface area contributed by atoms with E-state index in [9.17, 15) is 31.6 Å². The summed E-state index contributed by atoms with van der Waals surface area (Å²) in [5.74, 6) is -0.0342. The number of nitriles is 1. The quantitative estimate of drug-likeness (QED) is 0.439. The van der Waals surface area contributed by atoms with Gasteiger partial charge in [-0.05, 0) is 36.8 Å². The van der Waals surface area contributed by atoms with Gasteiger partial charge in [0.15, 0.2) is 5.82 Å². The molecule has 1 aliphatic heterocycles. The number of sulfonamides is 1. The minimum absolute atomic E-state index is 0.109. The lowest BCUT2D eigenvalue weighted by Crippen LogP contribution is -2.42. The first-order valence-electron chi connectivity index (χ1n) is 12.0. The van der Waals surface area contributed by atoms with Gasteiger partial charge < -0.3 is 15.2 Å². The van der Waals surface area contributed by atoms with Gasteiger partial charge in [-0.25, -0.2) is 12.7 Å². The van der Waals surface area contributed by atoms with Crippen molar-refractivity contribution < 1.29 is 21.6 Å². The first-order chi connectivity index (χ1) is 17.9. The average molecular weight is 552 g/mol.